The lowest BCUT2D eigenvalue weighted by Crippen LogP contribution is -2.42. The van der Waals surface area contributed by atoms with Gasteiger partial charge in [-0.1, -0.05) is 6.07 Å². The monoisotopic (exact) mass is 449 g/mol. The Morgan fingerprint density at radius 3 is 2.42 bits per heavy atom. The number of piperidine rings is 1. The SMILES string of the molecule is COc1ccc(-c2cc(C(=O)N3CCC(C(N)=O)CC3)n(-c3cccc([N+](=O)[O-])c3)n2)cc1. The van der Waals surface area contributed by atoms with Crippen molar-refractivity contribution in [1.29, 1.82) is 0 Å². The number of carbonyl (C=O) groups excluding carboxylic acids is 2. The number of primary amides is 1. The Hall–Kier alpha value is -4.21. The van der Waals surface area contributed by atoms with Crippen molar-refractivity contribution in [2.75, 3.05) is 20.2 Å². The molecule has 0 saturated carbocycles. The predicted octanol–water partition coefficient (Wildman–Crippen LogP) is 2.79. The summed E-state index contributed by atoms with van der Waals surface area (Å²) in [6, 6.07) is 14.9. The lowest BCUT2D eigenvalue weighted by Gasteiger charge is -2.30. The molecule has 170 valence electrons. The third-order valence-electron chi connectivity index (χ3n) is 5.78. The lowest BCUT2D eigenvalue weighted by atomic mass is 9.96. The molecule has 2 heterocycles. The average molecular weight is 449 g/mol. The molecule has 4 rings (SSSR count). The van der Waals surface area contributed by atoms with Crippen molar-refractivity contribution >= 4 is 17.5 Å². The molecule has 0 unspecified atom stereocenters. The molecule has 3 aromatic rings. The van der Waals surface area contributed by atoms with Crippen molar-refractivity contribution in [3.05, 3.63) is 70.4 Å². The highest BCUT2D eigenvalue weighted by Gasteiger charge is 2.29. The molecule has 33 heavy (non-hydrogen) atoms. The topological polar surface area (TPSA) is 134 Å². The highest BCUT2D eigenvalue weighted by Crippen LogP contribution is 2.27. The van der Waals surface area contributed by atoms with Crippen LogP contribution in [0.3, 0.4) is 0 Å². The second-order valence-corrected chi connectivity index (χ2v) is 7.80. The first-order chi connectivity index (χ1) is 15.9. The third kappa shape index (κ3) is 4.54. The molecule has 10 heteroatoms. The van der Waals surface area contributed by atoms with Gasteiger partial charge in [-0.15, -0.1) is 0 Å². The number of nitrogens with two attached hydrogens (primary N) is 1. The molecule has 1 saturated heterocycles. The van der Waals surface area contributed by atoms with E-state index in [0.29, 0.717) is 43.1 Å². The van der Waals surface area contributed by atoms with Gasteiger partial charge in [-0.25, -0.2) is 4.68 Å². The minimum absolute atomic E-state index is 0.102. The van der Waals surface area contributed by atoms with Crippen LogP contribution in [0, 0.1) is 16.0 Å². The zero-order valence-electron chi connectivity index (χ0n) is 18.0. The van der Waals surface area contributed by atoms with Gasteiger partial charge in [0.1, 0.15) is 11.4 Å². The van der Waals surface area contributed by atoms with Crippen molar-refractivity contribution in [2.45, 2.75) is 12.8 Å². The first-order valence-corrected chi connectivity index (χ1v) is 10.5. The van der Waals surface area contributed by atoms with Crippen LogP contribution in [0.1, 0.15) is 23.3 Å². The normalized spacial score (nSPS) is 14.2. The molecule has 1 fully saturated rings. The Labute approximate surface area is 189 Å². The molecule has 1 aromatic heterocycles. The molecule has 0 atom stereocenters. The number of non-ortho nitro benzene ring substituents is 1. The van der Waals surface area contributed by atoms with E-state index in [1.165, 1.54) is 16.8 Å². The highest BCUT2D eigenvalue weighted by atomic mass is 16.6. The molecule has 0 bridgehead atoms. The number of carbonyl (C=O) groups is 2. The molecule has 1 aliphatic rings. The van der Waals surface area contributed by atoms with E-state index in [9.17, 15) is 19.7 Å². The Morgan fingerprint density at radius 1 is 1.12 bits per heavy atom. The number of rotatable bonds is 6. The van der Waals surface area contributed by atoms with E-state index in [1.54, 1.807) is 42.3 Å². The second-order valence-electron chi connectivity index (χ2n) is 7.80. The molecule has 0 aliphatic carbocycles. The van der Waals surface area contributed by atoms with Gasteiger partial charge in [0.2, 0.25) is 5.91 Å². The Bertz CT molecular complexity index is 1200. The van der Waals surface area contributed by atoms with Gasteiger partial charge in [0.05, 0.1) is 23.4 Å². The number of aromatic nitrogens is 2. The largest absolute Gasteiger partial charge is 0.497 e. The molecule has 0 radical (unpaired) electrons. The molecule has 10 nitrogen and oxygen atoms in total. The lowest BCUT2D eigenvalue weighted by molar-refractivity contribution is -0.384. The highest BCUT2D eigenvalue weighted by molar-refractivity contribution is 5.94. The average Bonchev–Trinajstić information content (AvgIpc) is 3.29. The van der Waals surface area contributed by atoms with Crippen LogP contribution in [0.5, 0.6) is 5.75 Å². The van der Waals surface area contributed by atoms with Crippen LogP contribution in [-0.4, -0.2) is 51.6 Å². The van der Waals surface area contributed by atoms with Gasteiger partial charge in [-0.05, 0) is 49.2 Å². The van der Waals surface area contributed by atoms with Gasteiger partial charge in [0.25, 0.3) is 11.6 Å². The molecule has 0 spiro atoms. The summed E-state index contributed by atoms with van der Waals surface area (Å²) >= 11 is 0. The van der Waals surface area contributed by atoms with E-state index in [0.717, 1.165) is 5.56 Å². The quantitative estimate of drug-likeness (QED) is 0.454. The summed E-state index contributed by atoms with van der Waals surface area (Å²) in [4.78, 5) is 37.3. The number of ether oxygens (including phenoxy) is 1. The summed E-state index contributed by atoms with van der Waals surface area (Å²) in [5.74, 6) is -0.182. The molecule has 2 amide bonds. The van der Waals surface area contributed by atoms with E-state index < -0.39 is 4.92 Å². The van der Waals surface area contributed by atoms with Crippen molar-refractivity contribution in [2.24, 2.45) is 11.7 Å². The maximum absolute atomic E-state index is 13.4. The first kappa shape index (κ1) is 22.0. The molecular formula is C23H23N5O5. The number of nitrogens with zero attached hydrogens (tertiary/aromatic N) is 4. The fourth-order valence-corrected chi connectivity index (χ4v) is 3.90. The van der Waals surface area contributed by atoms with Crippen LogP contribution >= 0.6 is 0 Å². The van der Waals surface area contributed by atoms with Crippen LogP contribution in [0.15, 0.2) is 54.6 Å². The standard InChI is InChI=1S/C23H23N5O5/c1-33-19-7-5-15(6-8-19)20-14-21(23(30)26-11-9-16(10-12-26)22(24)29)27(25-20)17-3-2-4-18(13-17)28(31)32/h2-8,13-14,16H,9-12H2,1H3,(H2,24,29). The van der Waals surface area contributed by atoms with Crippen LogP contribution in [0.2, 0.25) is 0 Å². The fourth-order valence-electron chi connectivity index (χ4n) is 3.90. The van der Waals surface area contributed by atoms with E-state index in [4.69, 9.17) is 10.5 Å². The van der Waals surface area contributed by atoms with E-state index >= 15 is 0 Å². The minimum atomic E-state index is -0.493. The number of methoxy groups -OCH3 is 1. The van der Waals surface area contributed by atoms with Crippen LogP contribution in [-0.2, 0) is 4.79 Å². The van der Waals surface area contributed by atoms with Gasteiger partial charge < -0.3 is 15.4 Å². The fraction of sp³-hybridized carbons (Fsp3) is 0.261. The predicted molar refractivity (Wildman–Crippen MR) is 120 cm³/mol. The maximum Gasteiger partial charge on any atom is 0.272 e. The Kier molecular flexibility index (Phi) is 6.07. The van der Waals surface area contributed by atoms with E-state index in [1.807, 2.05) is 12.1 Å². The van der Waals surface area contributed by atoms with E-state index in [-0.39, 0.29) is 29.1 Å². The third-order valence-corrected chi connectivity index (χ3v) is 5.78. The molecule has 2 N–H and O–H groups in total. The molecule has 2 aromatic carbocycles. The molecule has 1 aliphatic heterocycles. The van der Waals surface area contributed by atoms with Crippen LogP contribution in [0.25, 0.3) is 16.9 Å². The Balaban J connectivity index is 1.73. The number of hydrogen-bond donors (Lipinski definition) is 1. The van der Waals surface area contributed by atoms with Crippen molar-refractivity contribution in [3.63, 3.8) is 0 Å². The summed E-state index contributed by atoms with van der Waals surface area (Å²) < 4.78 is 6.62. The molecular weight excluding hydrogens is 426 g/mol. The summed E-state index contributed by atoms with van der Waals surface area (Å²) in [7, 11) is 1.57. The van der Waals surface area contributed by atoms with Crippen molar-refractivity contribution < 1.29 is 19.2 Å². The second kappa shape index (κ2) is 9.11. The Morgan fingerprint density at radius 2 is 1.82 bits per heavy atom. The van der Waals surface area contributed by atoms with Crippen molar-refractivity contribution in [3.8, 4) is 22.7 Å². The van der Waals surface area contributed by atoms with Crippen LogP contribution < -0.4 is 10.5 Å². The minimum Gasteiger partial charge on any atom is -0.497 e. The number of benzene rings is 2. The number of likely N-dealkylation sites (tertiary alicyclic amines) is 1. The van der Waals surface area contributed by atoms with Crippen molar-refractivity contribution in [1.82, 2.24) is 14.7 Å². The maximum atomic E-state index is 13.4. The van der Waals surface area contributed by atoms with Crippen LogP contribution in [0.4, 0.5) is 5.69 Å². The number of amides is 2. The van der Waals surface area contributed by atoms with Gasteiger partial charge in [-0.3, -0.25) is 19.7 Å². The number of nitro benzene ring substituents is 1. The van der Waals surface area contributed by atoms with Gasteiger partial charge in [0, 0.05) is 36.7 Å². The van der Waals surface area contributed by atoms with Gasteiger partial charge in [0.15, 0.2) is 0 Å². The zero-order chi connectivity index (χ0) is 23.5. The summed E-state index contributed by atoms with van der Waals surface area (Å²) in [5.41, 5.74) is 7.29. The zero-order valence-corrected chi connectivity index (χ0v) is 18.0. The summed E-state index contributed by atoms with van der Waals surface area (Å²) in [6.45, 7) is 0.787. The number of hydrogen-bond acceptors (Lipinski definition) is 6. The smallest absolute Gasteiger partial charge is 0.272 e. The van der Waals surface area contributed by atoms with Gasteiger partial charge in [-0.2, -0.15) is 5.10 Å². The summed E-state index contributed by atoms with van der Waals surface area (Å²) in [6.07, 6.45) is 0.995. The first-order valence-electron chi connectivity index (χ1n) is 10.5. The van der Waals surface area contributed by atoms with E-state index in [2.05, 4.69) is 5.10 Å². The number of nitro groups is 1. The summed E-state index contributed by atoms with van der Waals surface area (Å²) in [5, 5.41) is 15.9. The van der Waals surface area contributed by atoms with Gasteiger partial charge >= 0.3 is 0 Å².